The fraction of sp³-hybridized carbons (Fsp3) is 1.00. The van der Waals surface area contributed by atoms with E-state index in [1.54, 1.807) is 0 Å². The maximum atomic E-state index is 3.82. The Hall–Kier alpha value is -0.120. The van der Waals surface area contributed by atoms with Crippen LogP contribution in [0, 0.1) is 11.8 Å². The fourth-order valence-electron chi connectivity index (χ4n) is 3.70. The van der Waals surface area contributed by atoms with Crippen LogP contribution in [0.25, 0.3) is 0 Å². The predicted molar refractivity (Wildman–Crippen MR) is 82.5 cm³/mol. The van der Waals surface area contributed by atoms with Crippen LogP contribution in [0.4, 0.5) is 0 Å². The van der Waals surface area contributed by atoms with E-state index in [2.05, 4.69) is 36.0 Å². The first-order valence-corrected chi connectivity index (χ1v) is 8.33. The Bertz CT molecular complexity index is 248. The minimum absolute atomic E-state index is 0.703. The van der Waals surface area contributed by atoms with Crippen molar-refractivity contribution < 1.29 is 0 Å². The molecule has 0 spiro atoms. The summed E-state index contributed by atoms with van der Waals surface area (Å²) in [7, 11) is 2.24. The molecule has 2 unspecified atom stereocenters. The van der Waals surface area contributed by atoms with Crippen molar-refractivity contribution in [1.82, 2.24) is 15.1 Å². The third-order valence-electron chi connectivity index (χ3n) is 5.10. The molecule has 0 aromatic heterocycles. The van der Waals surface area contributed by atoms with Gasteiger partial charge in [-0.25, -0.2) is 0 Å². The summed E-state index contributed by atoms with van der Waals surface area (Å²) in [4.78, 5) is 5.09. The predicted octanol–water partition coefficient (Wildman–Crippen LogP) is 2.04. The summed E-state index contributed by atoms with van der Waals surface area (Å²) in [6.07, 6.45) is 5.45. The van der Waals surface area contributed by atoms with Crippen LogP contribution in [-0.4, -0.2) is 62.2 Å². The third-order valence-corrected chi connectivity index (χ3v) is 5.10. The van der Waals surface area contributed by atoms with Gasteiger partial charge in [-0.2, -0.15) is 0 Å². The van der Waals surface area contributed by atoms with Crippen LogP contribution < -0.4 is 5.32 Å². The van der Waals surface area contributed by atoms with Crippen molar-refractivity contribution in [3.63, 3.8) is 0 Å². The maximum Gasteiger partial charge on any atom is 0.00680 e. The lowest BCUT2D eigenvalue weighted by molar-refractivity contribution is 0.161. The van der Waals surface area contributed by atoms with Crippen molar-refractivity contribution in [1.29, 1.82) is 0 Å². The molecule has 0 radical (unpaired) electrons. The summed E-state index contributed by atoms with van der Waals surface area (Å²) in [5.41, 5.74) is 0. The van der Waals surface area contributed by atoms with Gasteiger partial charge in [0, 0.05) is 12.6 Å². The molecule has 112 valence electrons. The molecular weight excluding hydrogens is 234 g/mol. The van der Waals surface area contributed by atoms with E-state index in [0.29, 0.717) is 6.04 Å². The largest absolute Gasteiger partial charge is 0.314 e. The first-order valence-electron chi connectivity index (χ1n) is 8.33. The molecule has 2 rings (SSSR count). The highest BCUT2D eigenvalue weighted by molar-refractivity contribution is 4.82. The third kappa shape index (κ3) is 4.73. The molecule has 0 aromatic rings. The monoisotopic (exact) mass is 267 g/mol. The number of rotatable bonds is 6. The zero-order valence-electron chi connectivity index (χ0n) is 13.2. The smallest absolute Gasteiger partial charge is 0.00680 e. The molecule has 3 heteroatoms. The average molecular weight is 267 g/mol. The van der Waals surface area contributed by atoms with Gasteiger partial charge in [0.05, 0.1) is 0 Å². The van der Waals surface area contributed by atoms with Crippen molar-refractivity contribution in [3.05, 3.63) is 0 Å². The Morgan fingerprint density at radius 2 is 1.89 bits per heavy atom. The number of nitrogens with one attached hydrogen (secondary N) is 1. The molecule has 0 aromatic carbocycles. The summed E-state index contributed by atoms with van der Waals surface area (Å²) in [5, 5.41) is 3.82. The Balaban J connectivity index is 1.62. The van der Waals surface area contributed by atoms with Crippen molar-refractivity contribution in [3.8, 4) is 0 Å². The van der Waals surface area contributed by atoms with Gasteiger partial charge in [-0.3, -0.25) is 0 Å². The highest BCUT2D eigenvalue weighted by atomic mass is 15.1. The van der Waals surface area contributed by atoms with Gasteiger partial charge in [0.15, 0.2) is 0 Å². The van der Waals surface area contributed by atoms with Gasteiger partial charge in [-0.15, -0.1) is 0 Å². The van der Waals surface area contributed by atoms with Gasteiger partial charge >= 0.3 is 0 Å². The molecule has 2 fully saturated rings. The van der Waals surface area contributed by atoms with Crippen LogP contribution in [0.3, 0.4) is 0 Å². The quantitative estimate of drug-likeness (QED) is 0.794. The van der Waals surface area contributed by atoms with Crippen LogP contribution in [0.2, 0.25) is 0 Å². The summed E-state index contributed by atoms with van der Waals surface area (Å²) >= 11 is 0. The second-order valence-electron chi connectivity index (χ2n) is 6.79. The molecule has 0 aliphatic carbocycles. The van der Waals surface area contributed by atoms with E-state index >= 15 is 0 Å². The van der Waals surface area contributed by atoms with Gasteiger partial charge in [0.2, 0.25) is 0 Å². The van der Waals surface area contributed by atoms with E-state index in [0.717, 1.165) is 11.8 Å². The molecule has 19 heavy (non-hydrogen) atoms. The molecule has 1 N–H and O–H groups in total. The molecule has 2 atom stereocenters. The standard InChI is InChI=1S/C16H33N3/c1-4-8-19-10-6-16(7-11-19)14(2)17-12-15-5-9-18(3)13-15/h14-17H,4-13H2,1-3H3. The summed E-state index contributed by atoms with van der Waals surface area (Å²) in [5.74, 6) is 1.78. The van der Waals surface area contributed by atoms with Crippen LogP contribution in [0.1, 0.15) is 39.5 Å². The number of likely N-dealkylation sites (tertiary alicyclic amines) is 2. The topological polar surface area (TPSA) is 18.5 Å². The van der Waals surface area contributed by atoms with Gasteiger partial charge in [-0.05, 0) is 84.2 Å². The van der Waals surface area contributed by atoms with E-state index in [1.807, 2.05) is 0 Å². The van der Waals surface area contributed by atoms with Gasteiger partial charge < -0.3 is 15.1 Å². The molecule has 2 aliphatic rings. The van der Waals surface area contributed by atoms with E-state index in [4.69, 9.17) is 0 Å². The highest BCUT2D eigenvalue weighted by Crippen LogP contribution is 2.21. The average Bonchev–Trinajstić information content (AvgIpc) is 2.83. The lowest BCUT2D eigenvalue weighted by Gasteiger charge is -2.35. The summed E-state index contributed by atoms with van der Waals surface area (Å²) < 4.78 is 0. The number of piperidine rings is 1. The molecule has 2 heterocycles. The van der Waals surface area contributed by atoms with Crippen LogP contribution in [0.5, 0.6) is 0 Å². The first-order chi connectivity index (χ1) is 9.19. The minimum Gasteiger partial charge on any atom is -0.314 e. The molecular formula is C16H33N3. The Labute approximate surface area is 119 Å². The second-order valence-corrected chi connectivity index (χ2v) is 6.79. The van der Waals surface area contributed by atoms with Crippen molar-refractivity contribution in [2.45, 2.75) is 45.6 Å². The van der Waals surface area contributed by atoms with E-state index in [1.165, 1.54) is 65.0 Å². The van der Waals surface area contributed by atoms with Gasteiger partial charge in [0.25, 0.3) is 0 Å². The van der Waals surface area contributed by atoms with Gasteiger partial charge in [-0.1, -0.05) is 6.92 Å². The lowest BCUT2D eigenvalue weighted by atomic mass is 9.90. The Morgan fingerprint density at radius 1 is 1.16 bits per heavy atom. The van der Waals surface area contributed by atoms with Crippen molar-refractivity contribution in [2.75, 3.05) is 46.3 Å². The number of hydrogen-bond donors (Lipinski definition) is 1. The highest BCUT2D eigenvalue weighted by Gasteiger charge is 2.25. The van der Waals surface area contributed by atoms with E-state index < -0.39 is 0 Å². The molecule has 0 saturated carbocycles. The first kappa shape index (κ1) is 15.3. The summed E-state index contributed by atoms with van der Waals surface area (Å²) in [6.45, 7) is 12.4. The second kappa shape index (κ2) is 7.61. The number of hydrogen-bond acceptors (Lipinski definition) is 3. The number of nitrogens with zero attached hydrogens (tertiary/aromatic N) is 2. The van der Waals surface area contributed by atoms with Crippen molar-refractivity contribution in [2.24, 2.45) is 11.8 Å². The van der Waals surface area contributed by atoms with Crippen LogP contribution in [-0.2, 0) is 0 Å². The van der Waals surface area contributed by atoms with Crippen LogP contribution in [0.15, 0.2) is 0 Å². The molecule has 0 bridgehead atoms. The molecule has 2 saturated heterocycles. The normalized spacial score (nSPS) is 28.9. The molecule has 2 aliphatic heterocycles. The minimum atomic E-state index is 0.703. The van der Waals surface area contributed by atoms with Crippen LogP contribution >= 0.6 is 0 Å². The lowest BCUT2D eigenvalue weighted by Crippen LogP contribution is -2.43. The van der Waals surface area contributed by atoms with E-state index in [9.17, 15) is 0 Å². The zero-order chi connectivity index (χ0) is 13.7. The maximum absolute atomic E-state index is 3.82. The summed E-state index contributed by atoms with van der Waals surface area (Å²) in [6, 6.07) is 0.703. The van der Waals surface area contributed by atoms with Crippen molar-refractivity contribution >= 4 is 0 Å². The Morgan fingerprint density at radius 3 is 2.47 bits per heavy atom. The SMILES string of the molecule is CCCN1CCC(C(C)NCC2CCN(C)C2)CC1. The molecule has 3 nitrogen and oxygen atoms in total. The fourth-order valence-corrected chi connectivity index (χ4v) is 3.70. The van der Waals surface area contributed by atoms with Gasteiger partial charge in [0.1, 0.15) is 0 Å². The zero-order valence-corrected chi connectivity index (χ0v) is 13.2. The molecule has 0 amide bonds. The van der Waals surface area contributed by atoms with E-state index in [-0.39, 0.29) is 0 Å². The Kier molecular flexibility index (Phi) is 6.11.